The summed E-state index contributed by atoms with van der Waals surface area (Å²) in [5, 5.41) is 3.24. The summed E-state index contributed by atoms with van der Waals surface area (Å²) in [6, 6.07) is 13.9. The first-order valence-corrected chi connectivity index (χ1v) is 7.92. The molecule has 2 aromatic carbocycles. The molecule has 1 unspecified atom stereocenters. The number of fused-ring (bicyclic) bond motifs is 2. The second-order valence-electron chi connectivity index (χ2n) is 5.82. The van der Waals surface area contributed by atoms with Crippen molar-refractivity contribution < 1.29 is 14.4 Å². The van der Waals surface area contributed by atoms with Crippen molar-refractivity contribution in [1.29, 1.82) is 0 Å². The van der Waals surface area contributed by atoms with Crippen molar-refractivity contribution in [3.05, 3.63) is 75.8 Å². The largest absolute Gasteiger partial charge is 0.325 e. The van der Waals surface area contributed by atoms with Crippen LogP contribution in [0.2, 0.25) is 5.02 Å². The fraction of sp³-hybridized carbons (Fsp3) is 0.105. The molecule has 1 amide bonds. The smallest absolute Gasteiger partial charge is 0.233 e. The zero-order valence-corrected chi connectivity index (χ0v) is 13.3. The van der Waals surface area contributed by atoms with Crippen molar-refractivity contribution in [3.63, 3.8) is 0 Å². The second kappa shape index (κ2) is 5.42. The third kappa shape index (κ3) is 2.11. The van der Waals surface area contributed by atoms with Crippen LogP contribution in [0.1, 0.15) is 33.8 Å². The van der Waals surface area contributed by atoms with E-state index in [4.69, 9.17) is 11.6 Å². The highest BCUT2D eigenvalue weighted by atomic mass is 35.5. The number of ketones is 2. The first kappa shape index (κ1) is 14.8. The Bertz CT molecular complexity index is 945. The van der Waals surface area contributed by atoms with Gasteiger partial charge in [0, 0.05) is 34.1 Å². The number of carbonyl (C=O) groups is 3. The molecule has 1 N–H and O–H groups in total. The van der Waals surface area contributed by atoms with E-state index < -0.39 is 17.5 Å². The maximum atomic E-state index is 12.7. The van der Waals surface area contributed by atoms with Gasteiger partial charge in [-0.2, -0.15) is 0 Å². The SMILES string of the molecule is O=C1CC(c2ccccc2Cl)C2=C(N1)c1ccccc1C(=O)C2=O. The predicted molar refractivity (Wildman–Crippen MR) is 89.7 cm³/mol. The van der Waals surface area contributed by atoms with Gasteiger partial charge < -0.3 is 5.32 Å². The van der Waals surface area contributed by atoms with Crippen molar-refractivity contribution in [1.82, 2.24) is 5.32 Å². The molecule has 4 rings (SSSR count). The Labute approximate surface area is 143 Å². The van der Waals surface area contributed by atoms with E-state index >= 15 is 0 Å². The molecular formula is C19H12ClNO3. The molecule has 1 atom stereocenters. The van der Waals surface area contributed by atoms with Crippen LogP contribution >= 0.6 is 11.6 Å². The molecule has 118 valence electrons. The molecule has 0 fully saturated rings. The summed E-state index contributed by atoms with van der Waals surface area (Å²) in [5.74, 6) is -1.84. The summed E-state index contributed by atoms with van der Waals surface area (Å²) in [6.45, 7) is 0. The number of Topliss-reactive ketones (excluding diaryl/α,β-unsaturated/α-hetero) is 2. The van der Waals surface area contributed by atoms with Crippen molar-refractivity contribution in [2.75, 3.05) is 0 Å². The summed E-state index contributed by atoms with van der Waals surface area (Å²) < 4.78 is 0. The Morgan fingerprint density at radius 3 is 2.29 bits per heavy atom. The normalized spacial score (nSPS) is 19.7. The van der Waals surface area contributed by atoms with Gasteiger partial charge in [-0.15, -0.1) is 0 Å². The van der Waals surface area contributed by atoms with E-state index in [1.54, 1.807) is 48.5 Å². The highest BCUT2D eigenvalue weighted by Crippen LogP contribution is 2.42. The molecule has 0 aromatic heterocycles. The van der Waals surface area contributed by atoms with Gasteiger partial charge in [-0.3, -0.25) is 14.4 Å². The molecule has 0 spiro atoms. The summed E-state index contributed by atoms with van der Waals surface area (Å²) in [6.07, 6.45) is 0.0871. The highest BCUT2D eigenvalue weighted by Gasteiger charge is 2.41. The van der Waals surface area contributed by atoms with E-state index in [9.17, 15) is 14.4 Å². The van der Waals surface area contributed by atoms with E-state index in [0.717, 1.165) is 0 Å². The Balaban J connectivity index is 1.99. The van der Waals surface area contributed by atoms with Gasteiger partial charge in [-0.05, 0) is 11.6 Å². The lowest BCUT2D eigenvalue weighted by Gasteiger charge is -2.32. The Morgan fingerprint density at radius 2 is 1.54 bits per heavy atom. The van der Waals surface area contributed by atoms with Crippen LogP contribution in [0.3, 0.4) is 0 Å². The minimum absolute atomic E-state index is 0.0871. The lowest BCUT2D eigenvalue weighted by atomic mass is 9.75. The molecule has 2 aromatic rings. The Morgan fingerprint density at radius 1 is 0.875 bits per heavy atom. The van der Waals surface area contributed by atoms with Gasteiger partial charge >= 0.3 is 0 Å². The van der Waals surface area contributed by atoms with E-state index in [1.165, 1.54) is 0 Å². The summed E-state index contributed by atoms with van der Waals surface area (Å²) in [4.78, 5) is 37.4. The number of halogens is 1. The van der Waals surface area contributed by atoms with Gasteiger partial charge in [0.2, 0.25) is 17.5 Å². The van der Waals surface area contributed by atoms with Gasteiger partial charge in [0.05, 0.1) is 5.70 Å². The minimum atomic E-state index is -0.575. The Hall–Kier alpha value is -2.72. The van der Waals surface area contributed by atoms with Crippen LogP contribution in [-0.2, 0) is 9.59 Å². The van der Waals surface area contributed by atoms with Gasteiger partial charge in [0.25, 0.3) is 0 Å². The molecule has 0 saturated carbocycles. The van der Waals surface area contributed by atoms with Crippen molar-refractivity contribution >= 4 is 34.8 Å². The van der Waals surface area contributed by atoms with Crippen LogP contribution in [-0.4, -0.2) is 17.5 Å². The first-order valence-electron chi connectivity index (χ1n) is 7.55. The molecular weight excluding hydrogens is 326 g/mol. The lowest BCUT2D eigenvalue weighted by molar-refractivity contribution is -0.120. The molecule has 1 aliphatic carbocycles. The molecule has 4 nitrogen and oxygen atoms in total. The Kier molecular flexibility index (Phi) is 3.36. The molecule has 1 heterocycles. The number of amides is 1. The number of allylic oxidation sites excluding steroid dienone is 1. The van der Waals surface area contributed by atoms with Gasteiger partial charge in [-0.25, -0.2) is 0 Å². The van der Waals surface area contributed by atoms with Gasteiger partial charge in [-0.1, -0.05) is 54.1 Å². The van der Waals surface area contributed by atoms with Crippen molar-refractivity contribution in [3.8, 4) is 0 Å². The maximum absolute atomic E-state index is 12.7. The van der Waals surface area contributed by atoms with Crippen molar-refractivity contribution in [2.24, 2.45) is 0 Å². The van der Waals surface area contributed by atoms with E-state index in [1.807, 2.05) is 0 Å². The van der Waals surface area contributed by atoms with Crippen LogP contribution < -0.4 is 5.32 Å². The highest BCUT2D eigenvalue weighted by molar-refractivity contribution is 6.53. The summed E-state index contributed by atoms with van der Waals surface area (Å²) >= 11 is 6.27. The van der Waals surface area contributed by atoms with E-state index in [0.29, 0.717) is 33.0 Å². The topological polar surface area (TPSA) is 63.2 Å². The molecule has 0 radical (unpaired) electrons. The number of hydrogen-bond acceptors (Lipinski definition) is 3. The summed E-state index contributed by atoms with van der Waals surface area (Å²) in [5.41, 5.74) is 2.34. The molecule has 0 saturated heterocycles. The zero-order valence-electron chi connectivity index (χ0n) is 12.5. The van der Waals surface area contributed by atoms with Gasteiger partial charge in [0.1, 0.15) is 0 Å². The van der Waals surface area contributed by atoms with Crippen LogP contribution in [0.5, 0.6) is 0 Å². The van der Waals surface area contributed by atoms with E-state index in [2.05, 4.69) is 5.32 Å². The first-order chi connectivity index (χ1) is 11.6. The molecule has 24 heavy (non-hydrogen) atoms. The molecule has 2 aliphatic rings. The molecule has 0 bridgehead atoms. The number of rotatable bonds is 1. The van der Waals surface area contributed by atoms with E-state index in [-0.39, 0.29) is 12.3 Å². The fourth-order valence-electron chi connectivity index (χ4n) is 3.37. The number of nitrogens with one attached hydrogen (secondary N) is 1. The molecule has 5 heteroatoms. The van der Waals surface area contributed by atoms with Crippen LogP contribution in [0.4, 0.5) is 0 Å². The zero-order chi connectivity index (χ0) is 16.8. The number of hydrogen-bond donors (Lipinski definition) is 1. The maximum Gasteiger partial charge on any atom is 0.233 e. The lowest BCUT2D eigenvalue weighted by Crippen LogP contribution is -2.39. The van der Waals surface area contributed by atoms with Crippen LogP contribution in [0.25, 0.3) is 5.70 Å². The average molecular weight is 338 g/mol. The average Bonchev–Trinajstić information content (AvgIpc) is 2.59. The number of benzene rings is 2. The summed E-state index contributed by atoms with van der Waals surface area (Å²) in [7, 11) is 0. The third-order valence-corrected chi connectivity index (χ3v) is 4.79. The number of carbonyl (C=O) groups excluding carboxylic acids is 3. The van der Waals surface area contributed by atoms with Gasteiger partial charge in [0.15, 0.2) is 0 Å². The monoisotopic (exact) mass is 337 g/mol. The molecule has 1 aliphatic heterocycles. The van der Waals surface area contributed by atoms with Crippen LogP contribution in [0, 0.1) is 0 Å². The van der Waals surface area contributed by atoms with Crippen molar-refractivity contribution in [2.45, 2.75) is 12.3 Å². The van der Waals surface area contributed by atoms with Crippen LogP contribution in [0.15, 0.2) is 54.1 Å². The fourth-order valence-corrected chi connectivity index (χ4v) is 3.64. The minimum Gasteiger partial charge on any atom is -0.325 e. The predicted octanol–water partition coefficient (Wildman–Crippen LogP) is 3.12. The second-order valence-corrected chi connectivity index (χ2v) is 6.23. The standard InChI is InChI=1S/C19H12ClNO3/c20-14-8-4-3-5-10(14)13-9-15(22)21-17-11-6-1-2-7-12(11)18(23)19(24)16(13)17/h1-8,13H,9H2,(H,21,22). The quantitative estimate of drug-likeness (QED) is 0.813. The third-order valence-electron chi connectivity index (χ3n) is 4.44.